The minimum Gasteiger partial charge on any atom is -0.314 e. The largest absolute Gasteiger partial charge is 0.314 e. The Morgan fingerprint density at radius 1 is 1.07 bits per heavy atom. The van der Waals surface area contributed by atoms with Crippen LogP contribution in [0.15, 0.2) is 41.3 Å². The Bertz CT molecular complexity index is 860. The summed E-state index contributed by atoms with van der Waals surface area (Å²) in [5.74, 6) is 0. The summed E-state index contributed by atoms with van der Waals surface area (Å²) in [6, 6.07) is 10.6. The van der Waals surface area contributed by atoms with Crippen molar-refractivity contribution in [3.63, 3.8) is 0 Å². The summed E-state index contributed by atoms with van der Waals surface area (Å²) >= 11 is 0. The number of piperazine rings is 2. The number of benzene rings is 2. The van der Waals surface area contributed by atoms with Gasteiger partial charge in [-0.15, -0.1) is 0 Å². The lowest BCUT2D eigenvalue weighted by Crippen LogP contribution is -2.60. The molecule has 0 aliphatic carbocycles. The highest BCUT2D eigenvalue weighted by atomic mass is 32.2. The summed E-state index contributed by atoms with van der Waals surface area (Å²) in [6.07, 6.45) is 1.30. The highest BCUT2D eigenvalue weighted by Crippen LogP contribution is 2.23. The van der Waals surface area contributed by atoms with Crippen molar-refractivity contribution < 1.29 is 13.0 Å². The fraction of sp³-hybridized carbons (Fsp3) is 0.500. The zero-order valence-corrected chi connectivity index (χ0v) is 17.1. The van der Waals surface area contributed by atoms with E-state index in [0.717, 1.165) is 55.5 Å². The van der Waals surface area contributed by atoms with E-state index in [1.807, 2.05) is 31.2 Å². The molecule has 0 saturated carbocycles. The molecular formula is C20H30N4O3S. The van der Waals surface area contributed by atoms with Crippen molar-refractivity contribution in [1.82, 2.24) is 20.9 Å². The van der Waals surface area contributed by atoms with Crippen LogP contribution in [-0.4, -0.2) is 69.8 Å². The lowest BCUT2D eigenvalue weighted by atomic mass is 10.0. The third kappa shape index (κ3) is 5.50. The highest BCUT2D eigenvalue weighted by Gasteiger charge is 2.21. The monoisotopic (exact) mass is 406 g/mol. The summed E-state index contributed by atoms with van der Waals surface area (Å²) in [5.41, 5.74) is 0.922. The number of nitrogens with one attached hydrogen (secondary N) is 3. The van der Waals surface area contributed by atoms with Gasteiger partial charge in [0.2, 0.25) is 0 Å². The van der Waals surface area contributed by atoms with E-state index in [4.69, 9.17) is 4.55 Å². The first-order valence-electron chi connectivity index (χ1n) is 9.87. The van der Waals surface area contributed by atoms with Crippen LogP contribution in [0.25, 0.3) is 10.8 Å². The maximum absolute atomic E-state index is 11.1. The molecule has 28 heavy (non-hydrogen) atoms. The van der Waals surface area contributed by atoms with Crippen molar-refractivity contribution in [2.75, 3.05) is 45.8 Å². The second kappa shape index (κ2) is 9.78. The molecule has 7 nitrogen and oxygen atoms in total. The molecule has 2 aromatic carbocycles. The quantitative estimate of drug-likeness (QED) is 0.566. The van der Waals surface area contributed by atoms with E-state index in [0.29, 0.717) is 6.17 Å². The van der Waals surface area contributed by atoms with Gasteiger partial charge in [-0.2, -0.15) is 8.42 Å². The van der Waals surface area contributed by atoms with Crippen molar-refractivity contribution in [2.24, 2.45) is 0 Å². The van der Waals surface area contributed by atoms with Gasteiger partial charge in [0.25, 0.3) is 10.1 Å². The van der Waals surface area contributed by atoms with Crippen LogP contribution in [0.1, 0.15) is 12.5 Å². The van der Waals surface area contributed by atoms with Crippen molar-refractivity contribution in [3.05, 3.63) is 42.0 Å². The van der Waals surface area contributed by atoms with Gasteiger partial charge < -0.3 is 10.6 Å². The van der Waals surface area contributed by atoms with Crippen molar-refractivity contribution in [2.45, 2.75) is 24.4 Å². The summed E-state index contributed by atoms with van der Waals surface area (Å²) < 4.78 is 31.2. The molecule has 2 fully saturated rings. The Labute approximate surface area is 167 Å². The second-order valence-electron chi connectivity index (χ2n) is 7.09. The molecule has 2 aromatic rings. The van der Waals surface area contributed by atoms with Crippen LogP contribution in [0.5, 0.6) is 0 Å². The molecule has 0 amide bonds. The molecule has 154 valence electrons. The van der Waals surface area contributed by atoms with E-state index >= 15 is 0 Å². The summed E-state index contributed by atoms with van der Waals surface area (Å²) in [5, 5.41) is 12.1. The fourth-order valence-corrected chi connectivity index (χ4v) is 4.26. The van der Waals surface area contributed by atoms with Crippen molar-refractivity contribution in [3.8, 4) is 0 Å². The molecule has 0 spiro atoms. The van der Waals surface area contributed by atoms with Gasteiger partial charge in [-0.3, -0.25) is 14.8 Å². The first-order valence-corrected chi connectivity index (χ1v) is 11.3. The smallest absolute Gasteiger partial charge is 0.294 e. The molecule has 2 aliphatic heterocycles. The minimum atomic E-state index is -4.13. The van der Waals surface area contributed by atoms with E-state index in [9.17, 15) is 8.42 Å². The van der Waals surface area contributed by atoms with E-state index in [1.54, 1.807) is 0 Å². The molecule has 8 heteroatoms. The topological polar surface area (TPSA) is 93.7 Å². The standard InChI is InChI=1S/C12H12O3S.C8H18N4/c1-2-9-7-11(16(13,14)15)8-10-5-3-4-6-12(9)10;1-2-11-8(7-10-1)12-5-3-9-4-6-12/h3-8H,2H2,1H3,(H,13,14,15);8-11H,1-7H2. The zero-order chi connectivity index (χ0) is 20.0. The van der Waals surface area contributed by atoms with Crippen molar-refractivity contribution >= 4 is 20.9 Å². The number of rotatable bonds is 3. The molecule has 2 aliphatic rings. The van der Waals surface area contributed by atoms with Crippen LogP contribution in [0.3, 0.4) is 0 Å². The Hall–Kier alpha value is -1.55. The van der Waals surface area contributed by atoms with E-state index < -0.39 is 10.1 Å². The van der Waals surface area contributed by atoms with Crippen LogP contribution in [0.2, 0.25) is 0 Å². The molecule has 0 radical (unpaired) electrons. The molecule has 2 heterocycles. The van der Waals surface area contributed by atoms with E-state index in [2.05, 4.69) is 20.9 Å². The Morgan fingerprint density at radius 2 is 1.82 bits per heavy atom. The molecule has 0 aromatic heterocycles. The third-order valence-electron chi connectivity index (χ3n) is 5.21. The molecule has 4 rings (SSSR count). The Balaban J connectivity index is 0.000000167. The Kier molecular flexibility index (Phi) is 7.39. The molecule has 1 unspecified atom stereocenters. The first kappa shape index (κ1) is 21.2. The van der Waals surface area contributed by atoms with Crippen LogP contribution < -0.4 is 16.0 Å². The van der Waals surface area contributed by atoms with Gasteiger partial charge in [0.05, 0.1) is 11.1 Å². The number of aryl methyl sites for hydroxylation is 1. The number of hydrogen-bond acceptors (Lipinski definition) is 6. The van der Waals surface area contributed by atoms with Crippen molar-refractivity contribution in [1.29, 1.82) is 0 Å². The number of hydrogen-bond donors (Lipinski definition) is 4. The van der Waals surface area contributed by atoms with Crippen LogP contribution >= 0.6 is 0 Å². The maximum atomic E-state index is 11.1. The number of fused-ring (bicyclic) bond motifs is 1. The minimum absolute atomic E-state index is 0.0388. The van der Waals surface area contributed by atoms with E-state index in [1.165, 1.54) is 25.2 Å². The first-order chi connectivity index (χ1) is 13.5. The summed E-state index contributed by atoms with van der Waals surface area (Å²) in [4.78, 5) is 2.48. The highest BCUT2D eigenvalue weighted by molar-refractivity contribution is 7.85. The van der Waals surface area contributed by atoms with Gasteiger partial charge in [-0.1, -0.05) is 31.2 Å². The SMILES string of the molecule is C1CN(C2CNCCN2)CCN1.CCc1cc(S(=O)(=O)O)cc2ccccc12. The third-order valence-corrected chi connectivity index (χ3v) is 6.04. The maximum Gasteiger partial charge on any atom is 0.294 e. The van der Waals surface area contributed by atoms with Crippen LogP contribution in [0.4, 0.5) is 0 Å². The lowest BCUT2D eigenvalue weighted by Gasteiger charge is -2.37. The number of nitrogens with zero attached hydrogens (tertiary/aromatic N) is 1. The second-order valence-corrected chi connectivity index (χ2v) is 8.51. The van der Waals surface area contributed by atoms with Gasteiger partial charge in [-0.25, -0.2) is 0 Å². The Morgan fingerprint density at radius 3 is 2.46 bits per heavy atom. The summed E-state index contributed by atoms with van der Waals surface area (Å²) in [6.45, 7) is 9.90. The lowest BCUT2D eigenvalue weighted by molar-refractivity contribution is 0.131. The van der Waals surface area contributed by atoms with Crippen LogP contribution in [0, 0.1) is 0 Å². The predicted molar refractivity (Wildman–Crippen MR) is 112 cm³/mol. The zero-order valence-electron chi connectivity index (χ0n) is 16.3. The fourth-order valence-electron chi connectivity index (χ4n) is 3.69. The summed E-state index contributed by atoms with van der Waals surface area (Å²) in [7, 11) is -4.13. The molecule has 2 saturated heterocycles. The predicted octanol–water partition coefficient (Wildman–Crippen LogP) is 1.06. The normalized spacial score (nSPS) is 21.1. The molecule has 1 atom stereocenters. The molecule has 0 bridgehead atoms. The molecular weight excluding hydrogens is 376 g/mol. The van der Waals surface area contributed by atoms with Crippen LogP contribution in [-0.2, 0) is 16.5 Å². The van der Waals surface area contributed by atoms with Gasteiger partial charge >= 0.3 is 0 Å². The average molecular weight is 407 g/mol. The molecule has 4 N–H and O–H groups in total. The van der Waals surface area contributed by atoms with E-state index in [-0.39, 0.29) is 4.90 Å². The van der Waals surface area contributed by atoms with Gasteiger partial charge in [-0.05, 0) is 34.9 Å². The average Bonchev–Trinajstić information content (AvgIpc) is 2.74. The van der Waals surface area contributed by atoms with Gasteiger partial charge in [0, 0.05) is 45.8 Å². The van der Waals surface area contributed by atoms with Gasteiger partial charge in [0.15, 0.2) is 0 Å². The van der Waals surface area contributed by atoms with Gasteiger partial charge in [0.1, 0.15) is 0 Å².